The number of nitrogens with one attached hydrogen (secondary N) is 1. The van der Waals surface area contributed by atoms with Crippen LogP contribution < -0.4 is 10.1 Å². The van der Waals surface area contributed by atoms with Gasteiger partial charge < -0.3 is 14.8 Å². The number of hydrogen-bond acceptors (Lipinski definition) is 6. The van der Waals surface area contributed by atoms with E-state index in [-0.39, 0.29) is 5.97 Å². The van der Waals surface area contributed by atoms with Crippen molar-refractivity contribution in [3.63, 3.8) is 0 Å². The van der Waals surface area contributed by atoms with Crippen molar-refractivity contribution in [2.75, 3.05) is 19.0 Å². The Hall–Kier alpha value is -1.85. The predicted molar refractivity (Wildman–Crippen MR) is 58.3 cm³/mol. The lowest BCUT2D eigenvalue weighted by molar-refractivity contribution is -0.141. The summed E-state index contributed by atoms with van der Waals surface area (Å²) in [6.07, 6.45) is 1.56. The van der Waals surface area contributed by atoms with Crippen molar-refractivity contribution in [1.82, 2.24) is 9.97 Å². The normalized spacial score (nSPS) is 11.7. The Labute approximate surface area is 94.0 Å². The molecule has 1 aromatic heterocycles. The average molecular weight is 225 g/mol. The van der Waals surface area contributed by atoms with Crippen LogP contribution in [0.15, 0.2) is 12.3 Å². The summed E-state index contributed by atoms with van der Waals surface area (Å²) in [7, 11) is 1.33. The molecule has 1 heterocycles. The largest absolute Gasteiger partial charge is 0.478 e. The molecule has 0 amide bonds. The number of carbonyl (C=O) groups excluding carboxylic acids is 1. The van der Waals surface area contributed by atoms with Crippen molar-refractivity contribution in [1.29, 1.82) is 0 Å². The fourth-order valence-electron chi connectivity index (χ4n) is 1.07. The van der Waals surface area contributed by atoms with E-state index in [2.05, 4.69) is 20.0 Å². The number of hydrogen-bond donors (Lipinski definition) is 1. The van der Waals surface area contributed by atoms with Crippen molar-refractivity contribution in [2.45, 2.75) is 19.9 Å². The summed E-state index contributed by atoms with van der Waals surface area (Å²) >= 11 is 0. The van der Waals surface area contributed by atoms with Gasteiger partial charge in [-0.15, -0.1) is 0 Å². The predicted octanol–water partition coefficient (Wildman–Crippen LogP) is 0.849. The first-order valence-corrected chi connectivity index (χ1v) is 4.97. The third-order valence-corrected chi connectivity index (χ3v) is 1.82. The quantitative estimate of drug-likeness (QED) is 0.749. The molecule has 1 N–H and O–H groups in total. The molecule has 0 spiro atoms. The molecule has 0 saturated carbocycles. The van der Waals surface area contributed by atoms with Crippen molar-refractivity contribution < 1.29 is 14.3 Å². The summed E-state index contributed by atoms with van der Waals surface area (Å²) in [6, 6.07) is 1.15. The number of aromatic nitrogens is 2. The molecule has 0 aliphatic rings. The molecular weight excluding hydrogens is 210 g/mol. The maximum Gasteiger partial charge on any atom is 0.328 e. The molecule has 1 aromatic rings. The van der Waals surface area contributed by atoms with Gasteiger partial charge in [0, 0.05) is 12.3 Å². The van der Waals surface area contributed by atoms with Gasteiger partial charge in [-0.1, -0.05) is 0 Å². The van der Waals surface area contributed by atoms with Gasteiger partial charge in [0.15, 0.2) is 0 Å². The molecule has 1 unspecified atom stereocenters. The summed E-state index contributed by atoms with van der Waals surface area (Å²) in [5.41, 5.74) is 0. The van der Waals surface area contributed by atoms with Crippen LogP contribution in [0.5, 0.6) is 5.88 Å². The van der Waals surface area contributed by atoms with Crippen molar-refractivity contribution >= 4 is 11.9 Å². The lowest BCUT2D eigenvalue weighted by Gasteiger charge is -2.11. The van der Waals surface area contributed by atoms with Crippen LogP contribution in [0, 0.1) is 0 Å². The molecule has 0 saturated heterocycles. The molecule has 0 fully saturated rings. The second kappa shape index (κ2) is 5.89. The molecule has 16 heavy (non-hydrogen) atoms. The van der Waals surface area contributed by atoms with Crippen LogP contribution in [0.2, 0.25) is 0 Å². The van der Waals surface area contributed by atoms with Gasteiger partial charge in [0.2, 0.25) is 11.8 Å². The van der Waals surface area contributed by atoms with E-state index >= 15 is 0 Å². The van der Waals surface area contributed by atoms with E-state index < -0.39 is 6.04 Å². The van der Waals surface area contributed by atoms with E-state index in [1.54, 1.807) is 19.2 Å². The first kappa shape index (κ1) is 12.2. The zero-order valence-electron chi connectivity index (χ0n) is 9.56. The first-order chi connectivity index (χ1) is 7.67. The molecule has 6 nitrogen and oxygen atoms in total. The number of ether oxygens (including phenoxy) is 2. The Morgan fingerprint density at radius 3 is 3.00 bits per heavy atom. The van der Waals surface area contributed by atoms with Gasteiger partial charge in [0.1, 0.15) is 6.04 Å². The standard InChI is InChI=1S/C10H15N3O3/c1-4-16-8-5-6-11-10(13-8)12-7(2)9(14)15-3/h5-7H,4H2,1-3H3,(H,11,12,13). The maximum atomic E-state index is 11.2. The van der Waals surface area contributed by atoms with Gasteiger partial charge in [-0.25, -0.2) is 9.78 Å². The van der Waals surface area contributed by atoms with E-state index in [4.69, 9.17) is 4.74 Å². The minimum Gasteiger partial charge on any atom is -0.478 e. The number of methoxy groups -OCH3 is 1. The van der Waals surface area contributed by atoms with Gasteiger partial charge in [-0.2, -0.15) is 4.98 Å². The molecule has 0 aliphatic heterocycles. The Morgan fingerprint density at radius 2 is 2.38 bits per heavy atom. The smallest absolute Gasteiger partial charge is 0.328 e. The fraction of sp³-hybridized carbons (Fsp3) is 0.500. The van der Waals surface area contributed by atoms with Crippen molar-refractivity contribution in [2.24, 2.45) is 0 Å². The van der Waals surface area contributed by atoms with Crippen LogP contribution in [0.4, 0.5) is 5.95 Å². The second-order valence-corrected chi connectivity index (χ2v) is 3.04. The Balaban J connectivity index is 2.66. The van der Waals surface area contributed by atoms with Gasteiger partial charge in [-0.05, 0) is 13.8 Å². The third-order valence-electron chi connectivity index (χ3n) is 1.82. The molecule has 0 bridgehead atoms. The fourth-order valence-corrected chi connectivity index (χ4v) is 1.07. The monoisotopic (exact) mass is 225 g/mol. The lowest BCUT2D eigenvalue weighted by atomic mass is 10.3. The molecule has 88 valence electrons. The van der Waals surface area contributed by atoms with E-state index in [9.17, 15) is 4.79 Å². The summed E-state index contributed by atoms with van der Waals surface area (Å²) in [6.45, 7) is 4.07. The van der Waals surface area contributed by atoms with Gasteiger partial charge in [-0.3, -0.25) is 0 Å². The average Bonchev–Trinajstić information content (AvgIpc) is 2.29. The minimum absolute atomic E-state index is 0.337. The highest BCUT2D eigenvalue weighted by Gasteiger charge is 2.13. The molecule has 0 aromatic carbocycles. The number of anilines is 1. The molecular formula is C10H15N3O3. The summed E-state index contributed by atoms with van der Waals surface area (Å²) in [4.78, 5) is 19.2. The van der Waals surface area contributed by atoms with Crippen LogP contribution in [0.25, 0.3) is 0 Å². The molecule has 0 radical (unpaired) electrons. The number of nitrogens with zero attached hydrogens (tertiary/aromatic N) is 2. The number of rotatable bonds is 5. The molecule has 1 rings (SSSR count). The summed E-state index contributed by atoms with van der Waals surface area (Å²) in [5.74, 6) is 0.436. The lowest BCUT2D eigenvalue weighted by Crippen LogP contribution is -2.28. The summed E-state index contributed by atoms with van der Waals surface area (Å²) < 4.78 is 9.78. The Morgan fingerprint density at radius 1 is 1.62 bits per heavy atom. The first-order valence-electron chi connectivity index (χ1n) is 4.97. The van der Waals surface area contributed by atoms with Crippen LogP contribution in [-0.4, -0.2) is 35.7 Å². The maximum absolute atomic E-state index is 11.2. The van der Waals surface area contributed by atoms with Gasteiger partial charge >= 0.3 is 5.97 Å². The molecule has 6 heteroatoms. The van der Waals surface area contributed by atoms with Crippen molar-refractivity contribution in [3.05, 3.63) is 12.3 Å². The van der Waals surface area contributed by atoms with Gasteiger partial charge in [0.25, 0.3) is 0 Å². The SMILES string of the molecule is CCOc1ccnc(NC(C)C(=O)OC)n1. The summed E-state index contributed by atoms with van der Waals surface area (Å²) in [5, 5.41) is 2.81. The number of esters is 1. The van der Waals surface area contributed by atoms with Crippen LogP contribution in [-0.2, 0) is 9.53 Å². The van der Waals surface area contributed by atoms with E-state index in [1.807, 2.05) is 6.92 Å². The highest BCUT2D eigenvalue weighted by molar-refractivity contribution is 5.77. The van der Waals surface area contributed by atoms with Crippen molar-refractivity contribution in [3.8, 4) is 5.88 Å². The van der Waals surface area contributed by atoms with Crippen LogP contribution in [0.3, 0.4) is 0 Å². The van der Waals surface area contributed by atoms with Crippen LogP contribution in [0.1, 0.15) is 13.8 Å². The zero-order chi connectivity index (χ0) is 12.0. The Kier molecular flexibility index (Phi) is 4.50. The highest BCUT2D eigenvalue weighted by atomic mass is 16.5. The third kappa shape index (κ3) is 3.38. The number of carbonyl (C=O) groups is 1. The van der Waals surface area contributed by atoms with Crippen LogP contribution >= 0.6 is 0 Å². The van der Waals surface area contributed by atoms with E-state index in [0.717, 1.165) is 0 Å². The second-order valence-electron chi connectivity index (χ2n) is 3.04. The highest BCUT2D eigenvalue weighted by Crippen LogP contribution is 2.09. The van der Waals surface area contributed by atoms with Gasteiger partial charge in [0.05, 0.1) is 13.7 Å². The zero-order valence-corrected chi connectivity index (χ0v) is 9.56. The Bertz CT molecular complexity index is 357. The van der Waals surface area contributed by atoms with E-state index in [1.165, 1.54) is 7.11 Å². The molecule has 0 aliphatic carbocycles. The minimum atomic E-state index is -0.498. The topological polar surface area (TPSA) is 73.3 Å². The molecule has 1 atom stereocenters. The van der Waals surface area contributed by atoms with E-state index in [0.29, 0.717) is 18.4 Å².